The SMILES string of the molecule is O=C(c1ccc(-n2cccn2)cc1)N1C[C@H]2COCC[C@@]2(C(=O)O)C1. The lowest BCUT2D eigenvalue weighted by atomic mass is 9.74. The maximum absolute atomic E-state index is 12.8. The first-order valence-electron chi connectivity index (χ1n) is 8.31. The Hall–Kier alpha value is -2.67. The van der Waals surface area contributed by atoms with E-state index < -0.39 is 11.4 Å². The first-order chi connectivity index (χ1) is 12.1. The van der Waals surface area contributed by atoms with Crippen molar-refractivity contribution in [1.82, 2.24) is 14.7 Å². The largest absolute Gasteiger partial charge is 0.481 e. The fourth-order valence-corrected chi connectivity index (χ4v) is 3.82. The monoisotopic (exact) mass is 341 g/mol. The van der Waals surface area contributed by atoms with Gasteiger partial charge in [-0.25, -0.2) is 4.68 Å². The molecular formula is C18H19N3O4. The molecule has 130 valence electrons. The summed E-state index contributed by atoms with van der Waals surface area (Å²) in [6.45, 7) is 1.50. The highest BCUT2D eigenvalue weighted by Gasteiger charge is 2.54. The summed E-state index contributed by atoms with van der Waals surface area (Å²) in [7, 11) is 0. The summed E-state index contributed by atoms with van der Waals surface area (Å²) in [5.74, 6) is -1.11. The minimum atomic E-state index is -0.872. The van der Waals surface area contributed by atoms with Gasteiger partial charge in [0.05, 0.1) is 17.7 Å². The predicted molar refractivity (Wildman–Crippen MR) is 88.5 cm³/mol. The Bertz CT molecular complexity index is 787. The molecule has 2 atom stereocenters. The number of aliphatic carboxylic acids is 1. The third kappa shape index (κ3) is 2.60. The van der Waals surface area contributed by atoms with Crippen LogP contribution in [0.1, 0.15) is 16.8 Å². The van der Waals surface area contributed by atoms with Crippen LogP contribution in [-0.2, 0) is 9.53 Å². The number of likely N-dealkylation sites (tertiary alicyclic amines) is 1. The average molecular weight is 341 g/mol. The van der Waals surface area contributed by atoms with Crippen molar-refractivity contribution in [3.8, 4) is 5.69 Å². The Morgan fingerprint density at radius 1 is 1.28 bits per heavy atom. The summed E-state index contributed by atoms with van der Waals surface area (Å²) >= 11 is 0. The van der Waals surface area contributed by atoms with Crippen LogP contribution in [0.15, 0.2) is 42.7 Å². The van der Waals surface area contributed by atoms with Crippen LogP contribution in [-0.4, -0.2) is 58.0 Å². The number of ether oxygens (including phenoxy) is 1. The van der Waals surface area contributed by atoms with E-state index >= 15 is 0 Å². The van der Waals surface area contributed by atoms with E-state index in [-0.39, 0.29) is 18.4 Å². The van der Waals surface area contributed by atoms with Gasteiger partial charge in [-0.05, 0) is 36.8 Å². The van der Waals surface area contributed by atoms with Crippen molar-refractivity contribution in [2.45, 2.75) is 6.42 Å². The summed E-state index contributed by atoms with van der Waals surface area (Å²) < 4.78 is 7.16. The number of hydrogen-bond acceptors (Lipinski definition) is 4. The molecule has 0 bridgehead atoms. The van der Waals surface area contributed by atoms with E-state index in [1.54, 1.807) is 27.9 Å². The molecule has 1 aromatic heterocycles. The fraction of sp³-hybridized carbons (Fsp3) is 0.389. The van der Waals surface area contributed by atoms with Crippen LogP contribution in [0.3, 0.4) is 0 Å². The number of nitrogens with zero attached hydrogens (tertiary/aromatic N) is 3. The molecule has 1 N–H and O–H groups in total. The van der Waals surface area contributed by atoms with Gasteiger partial charge in [0, 0.05) is 43.6 Å². The number of amides is 1. The number of carboxylic acid groups (broad SMARTS) is 1. The number of carbonyl (C=O) groups excluding carboxylic acids is 1. The molecule has 2 aliphatic heterocycles. The number of benzene rings is 1. The quantitative estimate of drug-likeness (QED) is 0.913. The second kappa shape index (κ2) is 6.00. The van der Waals surface area contributed by atoms with Gasteiger partial charge in [-0.15, -0.1) is 0 Å². The molecule has 2 saturated heterocycles. The van der Waals surface area contributed by atoms with Crippen LogP contribution in [0, 0.1) is 11.3 Å². The van der Waals surface area contributed by atoms with Crippen molar-refractivity contribution in [2.75, 3.05) is 26.3 Å². The van der Waals surface area contributed by atoms with E-state index in [1.165, 1.54) is 0 Å². The molecule has 2 aromatic rings. The zero-order valence-electron chi connectivity index (χ0n) is 13.7. The standard InChI is InChI=1S/C18H19N3O4/c22-16(13-2-4-15(5-3-13)21-8-1-7-19-21)20-10-14-11-25-9-6-18(14,12-20)17(23)24/h1-5,7-8,14H,6,9-12H2,(H,23,24)/t14-,18+/m0/s1. The molecular weight excluding hydrogens is 322 g/mol. The van der Waals surface area contributed by atoms with Gasteiger partial charge in [0.2, 0.25) is 0 Å². The summed E-state index contributed by atoms with van der Waals surface area (Å²) in [5, 5.41) is 13.9. The van der Waals surface area contributed by atoms with Gasteiger partial charge in [0.1, 0.15) is 0 Å². The highest BCUT2D eigenvalue weighted by atomic mass is 16.5. The second-order valence-electron chi connectivity index (χ2n) is 6.67. The Morgan fingerprint density at radius 3 is 2.72 bits per heavy atom. The molecule has 2 fully saturated rings. The Labute approximate surface area is 144 Å². The number of carbonyl (C=O) groups is 2. The zero-order valence-corrected chi connectivity index (χ0v) is 13.7. The topological polar surface area (TPSA) is 84.7 Å². The van der Waals surface area contributed by atoms with E-state index in [0.717, 1.165) is 5.69 Å². The van der Waals surface area contributed by atoms with E-state index in [2.05, 4.69) is 5.10 Å². The zero-order chi connectivity index (χ0) is 17.4. The Kier molecular flexibility index (Phi) is 3.80. The Balaban J connectivity index is 1.54. The molecule has 0 spiro atoms. The van der Waals surface area contributed by atoms with E-state index in [0.29, 0.717) is 31.7 Å². The first-order valence-corrected chi connectivity index (χ1v) is 8.31. The molecule has 7 nitrogen and oxygen atoms in total. The van der Waals surface area contributed by atoms with Crippen LogP contribution < -0.4 is 0 Å². The molecule has 1 aromatic carbocycles. The molecule has 1 amide bonds. The summed E-state index contributed by atoms with van der Waals surface area (Å²) in [4.78, 5) is 26.3. The van der Waals surface area contributed by atoms with Crippen LogP contribution in [0.4, 0.5) is 0 Å². The molecule has 25 heavy (non-hydrogen) atoms. The van der Waals surface area contributed by atoms with Gasteiger partial charge in [-0.3, -0.25) is 9.59 Å². The minimum absolute atomic E-state index is 0.137. The van der Waals surface area contributed by atoms with Crippen LogP contribution in [0.2, 0.25) is 0 Å². The lowest BCUT2D eigenvalue weighted by molar-refractivity contribution is -0.157. The molecule has 0 saturated carbocycles. The average Bonchev–Trinajstić information content (AvgIpc) is 3.29. The van der Waals surface area contributed by atoms with Gasteiger partial charge >= 0.3 is 5.97 Å². The second-order valence-corrected chi connectivity index (χ2v) is 6.67. The Morgan fingerprint density at radius 2 is 2.08 bits per heavy atom. The van der Waals surface area contributed by atoms with Gasteiger partial charge in [0.25, 0.3) is 5.91 Å². The number of aromatic nitrogens is 2. The summed E-state index contributed by atoms with van der Waals surface area (Å²) in [5.41, 5.74) is 0.547. The third-order valence-electron chi connectivity index (χ3n) is 5.30. The molecule has 4 rings (SSSR count). The smallest absolute Gasteiger partial charge is 0.311 e. The van der Waals surface area contributed by atoms with Gasteiger partial charge in [-0.1, -0.05) is 0 Å². The predicted octanol–water partition coefficient (Wildman–Crippen LogP) is 1.44. The van der Waals surface area contributed by atoms with Crippen molar-refractivity contribution < 1.29 is 19.4 Å². The third-order valence-corrected chi connectivity index (χ3v) is 5.30. The minimum Gasteiger partial charge on any atom is -0.481 e. The van der Waals surface area contributed by atoms with Crippen LogP contribution >= 0.6 is 0 Å². The number of fused-ring (bicyclic) bond motifs is 1. The number of hydrogen-bond donors (Lipinski definition) is 1. The van der Waals surface area contributed by atoms with Crippen molar-refractivity contribution in [1.29, 1.82) is 0 Å². The van der Waals surface area contributed by atoms with Crippen molar-refractivity contribution in [3.63, 3.8) is 0 Å². The summed E-state index contributed by atoms with van der Waals surface area (Å²) in [6.07, 6.45) is 3.98. The molecule has 0 aliphatic carbocycles. The fourth-order valence-electron chi connectivity index (χ4n) is 3.82. The number of carboxylic acids is 1. The van der Waals surface area contributed by atoms with Gasteiger partial charge in [0.15, 0.2) is 0 Å². The van der Waals surface area contributed by atoms with Gasteiger partial charge < -0.3 is 14.7 Å². The van der Waals surface area contributed by atoms with Crippen molar-refractivity contribution >= 4 is 11.9 Å². The van der Waals surface area contributed by atoms with Crippen molar-refractivity contribution in [2.24, 2.45) is 11.3 Å². The van der Waals surface area contributed by atoms with Crippen molar-refractivity contribution in [3.05, 3.63) is 48.3 Å². The lowest BCUT2D eigenvalue weighted by Gasteiger charge is -2.33. The number of rotatable bonds is 3. The maximum atomic E-state index is 12.8. The van der Waals surface area contributed by atoms with E-state index in [9.17, 15) is 14.7 Å². The van der Waals surface area contributed by atoms with E-state index in [4.69, 9.17) is 4.74 Å². The van der Waals surface area contributed by atoms with Crippen LogP contribution in [0.25, 0.3) is 5.69 Å². The highest BCUT2D eigenvalue weighted by Crippen LogP contribution is 2.42. The molecule has 0 unspecified atom stereocenters. The maximum Gasteiger partial charge on any atom is 0.311 e. The molecule has 2 aliphatic rings. The molecule has 3 heterocycles. The first kappa shape index (κ1) is 15.8. The van der Waals surface area contributed by atoms with E-state index in [1.807, 2.05) is 24.4 Å². The van der Waals surface area contributed by atoms with Crippen LogP contribution in [0.5, 0.6) is 0 Å². The molecule has 0 radical (unpaired) electrons. The summed E-state index contributed by atoms with van der Waals surface area (Å²) in [6, 6.07) is 9.01. The lowest BCUT2D eigenvalue weighted by Crippen LogP contribution is -2.45. The normalized spacial score (nSPS) is 25.6. The molecule has 7 heteroatoms. The highest BCUT2D eigenvalue weighted by molar-refractivity contribution is 5.95. The van der Waals surface area contributed by atoms with Gasteiger partial charge in [-0.2, -0.15) is 5.10 Å².